The van der Waals surface area contributed by atoms with Gasteiger partial charge in [0.2, 0.25) is 6.79 Å². The Morgan fingerprint density at radius 3 is 2.75 bits per heavy atom. The zero-order valence-electron chi connectivity index (χ0n) is 11.4. The van der Waals surface area contributed by atoms with E-state index < -0.39 is 0 Å². The molecule has 0 atom stereocenters. The summed E-state index contributed by atoms with van der Waals surface area (Å²) < 4.78 is 21.7. The number of fused-ring (bicyclic) bond motifs is 1. The molecule has 6 nitrogen and oxygen atoms in total. The lowest BCUT2D eigenvalue weighted by Crippen LogP contribution is -2.07. The third-order valence-corrected chi connectivity index (χ3v) is 2.97. The number of nitrogens with one attached hydrogen (secondary N) is 1. The van der Waals surface area contributed by atoms with Gasteiger partial charge in [0.25, 0.3) is 0 Å². The maximum atomic E-state index is 5.81. The third kappa shape index (κ3) is 2.55. The molecule has 0 spiro atoms. The van der Waals surface area contributed by atoms with E-state index in [9.17, 15) is 0 Å². The van der Waals surface area contributed by atoms with Gasteiger partial charge in [-0.25, -0.2) is 0 Å². The summed E-state index contributed by atoms with van der Waals surface area (Å²) in [6.45, 7) is 3.14. The van der Waals surface area contributed by atoms with E-state index in [4.69, 9.17) is 18.7 Å². The largest absolute Gasteiger partial charge is 0.485 e. The molecule has 2 aromatic rings. The highest BCUT2D eigenvalue weighted by Crippen LogP contribution is 2.38. The van der Waals surface area contributed by atoms with Crippen molar-refractivity contribution < 1.29 is 18.7 Å². The fourth-order valence-electron chi connectivity index (χ4n) is 2.06. The minimum atomic E-state index is 0.249. The Morgan fingerprint density at radius 1 is 1.25 bits per heavy atom. The van der Waals surface area contributed by atoms with Crippen molar-refractivity contribution in [3.8, 4) is 17.2 Å². The number of aryl methyl sites for hydroxylation is 1. The second-order valence-corrected chi connectivity index (χ2v) is 4.57. The summed E-state index contributed by atoms with van der Waals surface area (Å²) in [7, 11) is 1.88. The van der Waals surface area contributed by atoms with Crippen LogP contribution in [0.2, 0.25) is 0 Å². The fourth-order valence-corrected chi connectivity index (χ4v) is 2.06. The van der Waals surface area contributed by atoms with Gasteiger partial charge in [-0.15, -0.1) is 0 Å². The van der Waals surface area contributed by atoms with Crippen molar-refractivity contribution in [2.75, 3.05) is 13.8 Å². The first-order valence-electron chi connectivity index (χ1n) is 6.38. The van der Waals surface area contributed by atoms with Gasteiger partial charge in [-0.1, -0.05) is 5.16 Å². The molecule has 0 unspecified atom stereocenters. The van der Waals surface area contributed by atoms with Crippen molar-refractivity contribution in [3.05, 3.63) is 35.2 Å². The van der Waals surface area contributed by atoms with Crippen LogP contribution in [0.4, 0.5) is 0 Å². The number of hydrogen-bond acceptors (Lipinski definition) is 6. The molecule has 6 heteroatoms. The molecule has 0 saturated carbocycles. The molecule has 106 valence electrons. The Bertz CT molecular complexity index is 609. The van der Waals surface area contributed by atoms with E-state index in [2.05, 4.69) is 10.5 Å². The molecule has 0 radical (unpaired) electrons. The Hall–Kier alpha value is -2.21. The number of benzene rings is 1. The van der Waals surface area contributed by atoms with Crippen LogP contribution in [0.1, 0.15) is 17.0 Å². The molecule has 3 rings (SSSR count). The van der Waals surface area contributed by atoms with Crippen LogP contribution in [0.5, 0.6) is 17.2 Å². The van der Waals surface area contributed by atoms with E-state index in [1.165, 1.54) is 0 Å². The van der Waals surface area contributed by atoms with Crippen LogP contribution in [0, 0.1) is 6.92 Å². The summed E-state index contributed by atoms with van der Waals surface area (Å²) in [5.41, 5.74) is 1.85. The Morgan fingerprint density at radius 2 is 2.05 bits per heavy atom. The van der Waals surface area contributed by atoms with E-state index in [1.807, 2.05) is 32.2 Å². The van der Waals surface area contributed by atoms with Crippen LogP contribution in [0.15, 0.2) is 22.7 Å². The van der Waals surface area contributed by atoms with Gasteiger partial charge >= 0.3 is 0 Å². The van der Waals surface area contributed by atoms with Crippen LogP contribution in [-0.2, 0) is 13.2 Å². The number of nitrogens with zero attached hydrogens (tertiary/aromatic N) is 1. The first-order chi connectivity index (χ1) is 9.76. The second-order valence-electron chi connectivity index (χ2n) is 4.57. The van der Waals surface area contributed by atoms with E-state index in [0.29, 0.717) is 24.7 Å². The molecule has 1 aliphatic rings. The first kappa shape index (κ1) is 12.8. The predicted octanol–water partition coefficient (Wildman–Crippen LogP) is 2.01. The normalized spacial score (nSPS) is 12.7. The van der Waals surface area contributed by atoms with Gasteiger partial charge in [0.05, 0.1) is 5.69 Å². The molecule has 0 saturated heterocycles. The third-order valence-electron chi connectivity index (χ3n) is 2.97. The molecular formula is C14H16N2O4. The average Bonchev–Trinajstić information content (AvgIpc) is 3.04. The highest BCUT2D eigenvalue weighted by Gasteiger charge is 2.18. The Balaban J connectivity index is 1.80. The number of aromatic nitrogens is 1. The lowest BCUT2D eigenvalue weighted by atomic mass is 10.1. The van der Waals surface area contributed by atoms with Crippen molar-refractivity contribution in [2.45, 2.75) is 20.1 Å². The highest BCUT2D eigenvalue weighted by atomic mass is 16.7. The summed E-state index contributed by atoms with van der Waals surface area (Å²) in [5, 5.41) is 6.94. The molecule has 20 heavy (non-hydrogen) atoms. The molecule has 2 heterocycles. The highest BCUT2D eigenvalue weighted by molar-refractivity contribution is 5.51. The minimum absolute atomic E-state index is 0.249. The summed E-state index contributed by atoms with van der Waals surface area (Å²) in [6.07, 6.45) is 0. The van der Waals surface area contributed by atoms with Crippen LogP contribution in [0.25, 0.3) is 0 Å². The molecule has 0 fully saturated rings. The number of hydrogen-bond donors (Lipinski definition) is 1. The number of rotatable bonds is 5. The fraction of sp³-hybridized carbons (Fsp3) is 0.357. The van der Waals surface area contributed by atoms with Gasteiger partial charge < -0.3 is 24.1 Å². The topological polar surface area (TPSA) is 65.8 Å². The van der Waals surface area contributed by atoms with Gasteiger partial charge in [0.15, 0.2) is 17.3 Å². The monoisotopic (exact) mass is 276 g/mol. The van der Waals surface area contributed by atoms with E-state index in [1.54, 1.807) is 0 Å². The van der Waals surface area contributed by atoms with E-state index in [0.717, 1.165) is 22.8 Å². The second kappa shape index (κ2) is 5.42. The molecule has 1 aromatic heterocycles. The zero-order valence-corrected chi connectivity index (χ0v) is 11.4. The molecule has 0 bridgehead atoms. The Kier molecular flexibility index (Phi) is 3.47. The summed E-state index contributed by atoms with van der Waals surface area (Å²) in [4.78, 5) is 0. The summed E-state index contributed by atoms with van der Waals surface area (Å²) >= 11 is 0. The smallest absolute Gasteiger partial charge is 0.231 e. The van der Waals surface area contributed by atoms with Crippen molar-refractivity contribution >= 4 is 0 Å². The van der Waals surface area contributed by atoms with Crippen molar-refractivity contribution in [3.63, 3.8) is 0 Å². The van der Waals surface area contributed by atoms with Crippen LogP contribution in [-0.4, -0.2) is 19.0 Å². The maximum Gasteiger partial charge on any atom is 0.231 e. The maximum absolute atomic E-state index is 5.81. The van der Waals surface area contributed by atoms with E-state index >= 15 is 0 Å². The quantitative estimate of drug-likeness (QED) is 0.901. The Labute approximate surface area is 116 Å². The van der Waals surface area contributed by atoms with Gasteiger partial charge in [0.1, 0.15) is 12.4 Å². The minimum Gasteiger partial charge on any atom is -0.485 e. The van der Waals surface area contributed by atoms with Crippen molar-refractivity contribution in [2.24, 2.45) is 0 Å². The summed E-state index contributed by atoms with van der Waals surface area (Å²) in [6, 6.07) is 5.63. The van der Waals surface area contributed by atoms with Crippen LogP contribution >= 0.6 is 0 Å². The van der Waals surface area contributed by atoms with E-state index in [-0.39, 0.29) is 6.79 Å². The van der Waals surface area contributed by atoms with Crippen LogP contribution in [0.3, 0.4) is 0 Å². The zero-order chi connectivity index (χ0) is 13.9. The lowest BCUT2D eigenvalue weighted by molar-refractivity contribution is 0.173. The SMILES string of the molecule is CNCc1cc2c(cc1OCc1cc(C)no1)OCO2. The molecular weight excluding hydrogens is 260 g/mol. The molecule has 1 aromatic carbocycles. The summed E-state index contributed by atoms with van der Waals surface area (Å²) in [5.74, 6) is 2.89. The molecule has 1 N–H and O–H groups in total. The average molecular weight is 276 g/mol. The molecule has 0 amide bonds. The first-order valence-corrected chi connectivity index (χ1v) is 6.38. The van der Waals surface area contributed by atoms with Crippen LogP contribution < -0.4 is 19.5 Å². The van der Waals surface area contributed by atoms with Gasteiger partial charge in [-0.05, 0) is 20.0 Å². The van der Waals surface area contributed by atoms with Crippen molar-refractivity contribution in [1.82, 2.24) is 10.5 Å². The van der Waals surface area contributed by atoms with Gasteiger partial charge in [-0.3, -0.25) is 0 Å². The van der Waals surface area contributed by atoms with Crippen molar-refractivity contribution in [1.29, 1.82) is 0 Å². The number of ether oxygens (including phenoxy) is 3. The molecule has 0 aliphatic carbocycles. The van der Waals surface area contributed by atoms with Gasteiger partial charge in [-0.2, -0.15) is 0 Å². The predicted molar refractivity (Wildman–Crippen MR) is 70.9 cm³/mol. The lowest BCUT2D eigenvalue weighted by Gasteiger charge is -2.11. The standard InChI is InChI=1S/C14H16N2O4/c1-9-3-11(20-16-9)7-17-12-5-14-13(18-8-19-14)4-10(12)6-15-2/h3-5,15H,6-8H2,1-2H3. The molecule has 1 aliphatic heterocycles. The van der Waals surface area contributed by atoms with Gasteiger partial charge in [0, 0.05) is 24.2 Å².